The van der Waals surface area contributed by atoms with Crippen molar-refractivity contribution in [3.63, 3.8) is 0 Å². The van der Waals surface area contributed by atoms with E-state index in [1.165, 1.54) is 12.8 Å². The first-order valence-corrected chi connectivity index (χ1v) is 11.7. The van der Waals surface area contributed by atoms with Crippen LogP contribution < -0.4 is 14.9 Å². The van der Waals surface area contributed by atoms with Crippen LogP contribution in [0.1, 0.15) is 29.7 Å². The first-order chi connectivity index (χ1) is 17.1. The lowest BCUT2D eigenvalue weighted by Gasteiger charge is -2.13. The molecule has 1 aliphatic rings. The lowest BCUT2D eigenvalue weighted by Crippen LogP contribution is -2.07. The van der Waals surface area contributed by atoms with Crippen LogP contribution in [-0.4, -0.2) is 13.7 Å². The van der Waals surface area contributed by atoms with Gasteiger partial charge in [-0.25, -0.2) is 0 Å². The van der Waals surface area contributed by atoms with E-state index in [9.17, 15) is 4.79 Å². The number of fused-ring (bicyclic) bond motifs is 1. The Morgan fingerprint density at radius 2 is 1.91 bits per heavy atom. The van der Waals surface area contributed by atoms with Gasteiger partial charge >= 0.3 is 0 Å². The maximum atomic E-state index is 13.6. The van der Waals surface area contributed by atoms with Gasteiger partial charge in [-0.15, -0.1) is 0 Å². The number of methoxy groups -OCH3 is 1. The predicted molar refractivity (Wildman–Crippen MR) is 138 cm³/mol. The van der Waals surface area contributed by atoms with Crippen LogP contribution in [-0.2, 0) is 0 Å². The van der Waals surface area contributed by atoms with E-state index in [1.54, 1.807) is 55.7 Å². The number of hydrogen-bond donors (Lipinski definition) is 0. The van der Waals surface area contributed by atoms with Gasteiger partial charge in [0.15, 0.2) is 11.5 Å². The first-order valence-electron chi connectivity index (χ1n) is 11.3. The summed E-state index contributed by atoms with van der Waals surface area (Å²) in [6, 6.07) is 19.6. The summed E-state index contributed by atoms with van der Waals surface area (Å²) >= 11 is 6.16. The molecule has 3 aromatic carbocycles. The van der Waals surface area contributed by atoms with Crippen LogP contribution in [0.15, 0.2) is 69.9 Å². The summed E-state index contributed by atoms with van der Waals surface area (Å²) in [4.78, 5) is 13.6. The molecule has 1 aromatic heterocycles. The first kappa shape index (κ1) is 22.8. The molecule has 1 aliphatic carbocycles. The molecule has 0 bridgehead atoms. The van der Waals surface area contributed by atoms with Crippen LogP contribution in [0, 0.1) is 17.2 Å². The molecule has 0 N–H and O–H groups in total. The van der Waals surface area contributed by atoms with Gasteiger partial charge in [-0.3, -0.25) is 4.79 Å². The van der Waals surface area contributed by atoms with Gasteiger partial charge in [0.25, 0.3) is 0 Å². The monoisotopic (exact) mass is 483 g/mol. The SMILES string of the molecule is COc1cccc(/C=C/c2oc3ccc(Cl)cc3c(=O)c2-c2ccc(C#N)cc2)c1OCC1CC1. The summed E-state index contributed by atoms with van der Waals surface area (Å²) in [5, 5.41) is 10.0. The highest BCUT2D eigenvalue weighted by Crippen LogP contribution is 2.36. The molecule has 0 amide bonds. The minimum absolute atomic E-state index is 0.200. The molecule has 174 valence electrons. The van der Waals surface area contributed by atoms with Gasteiger partial charge in [0, 0.05) is 10.6 Å². The van der Waals surface area contributed by atoms with Crippen LogP contribution in [0.5, 0.6) is 11.5 Å². The summed E-state index contributed by atoms with van der Waals surface area (Å²) in [6.07, 6.45) is 5.99. The van der Waals surface area contributed by atoms with Gasteiger partial charge < -0.3 is 13.9 Å². The zero-order valence-electron chi connectivity index (χ0n) is 19.1. The number of rotatable bonds is 7. The van der Waals surface area contributed by atoms with Crippen molar-refractivity contribution >= 4 is 34.7 Å². The maximum Gasteiger partial charge on any atom is 0.201 e. The molecule has 35 heavy (non-hydrogen) atoms. The normalized spacial score (nSPS) is 13.2. The average molecular weight is 484 g/mol. The summed E-state index contributed by atoms with van der Waals surface area (Å²) in [7, 11) is 1.61. The fourth-order valence-electron chi connectivity index (χ4n) is 3.92. The predicted octanol–water partition coefficient (Wildman–Crippen LogP) is 6.95. The number of halogens is 1. The fraction of sp³-hybridized carbons (Fsp3) is 0.172. The molecule has 0 radical (unpaired) electrons. The molecule has 1 saturated carbocycles. The van der Waals surface area contributed by atoms with Crippen LogP contribution in [0.25, 0.3) is 34.2 Å². The summed E-state index contributed by atoms with van der Waals surface area (Å²) < 4.78 is 17.8. The van der Waals surface area contributed by atoms with Gasteiger partial charge in [0.2, 0.25) is 5.43 Å². The molecule has 1 heterocycles. The van der Waals surface area contributed by atoms with E-state index in [-0.39, 0.29) is 5.43 Å². The largest absolute Gasteiger partial charge is 0.493 e. The number of ether oxygens (including phenoxy) is 2. The molecule has 6 heteroatoms. The Hall–Kier alpha value is -4.01. The van der Waals surface area contributed by atoms with Crippen molar-refractivity contribution in [1.29, 1.82) is 5.26 Å². The van der Waals surface area contributed by atoms with Crippen molar-refractivity contribution in [3.05, 3.63) is 92.8 Å². The van der Waals surface area contributed by atoms with E-state index in [1.807, 2.05) is 24.3 Å². The van der Waals surface area contributed by atoms with Crippen molar-refractivity contribution in [3.8, 4) is 28.7 Å². The zero-order valence-corrected chi connectivity index (χ0v) is 19.8. The number of nitrogens with zero attached hydrogens (tertiary/aromatic N) is 1. The van der Waals surface area contributed by atoms with Crippen LogP contribution in [0.4, 0.5) is 0 Å². The summed E-state index contributed by atoms with van der Waals surface area (Å²) in [5.74, 6) is 2.29. The van der Waals surface area contributed by atoms with E-state index in [2.05, 4.69) is 6.07 Å². The van der Waals surface area contributed by atoms with E-state index < -0.39 is 0 Å². The van der Waals surface area contributed by atoms with Gasteiger partial charge in [0.1, 0.15) is 11.3 Å². The number of benzene rings is 3. The molecule has 5 rings (SSSR count). The summed E-state index contributed by atoms with van der Waals surface area (Å²) in [5.41, 5.74) is 2.60. The smallest absolute Gasteiger partial charge is 0.201 e. The van der Waals surface area contributed by atoms with Crippen LogP contribution in [0.2, 0.25) is 5.02 Å². The lowest BCUT2D eigenvalue weighted by atomic mass is 10.00. The van der Waals surface area contributed by atoms with Crippen molar-refractivity contribution < 1.29 is 13.9 Å². The van der Waals surface area contributed by atoms with Gasteiger partial charge in [-0.2, -0.15) is 5.26 Å². The van der Waals surface area contributed by atoms with E-state index in [0.29, 0.717) is 62.5 Å². The van der Waals surface area contributed by atoms with E-state index in [4.69, 9.17) is 30.8 Å². The second kappa shape index (κ2) is 9.69. The highest BCUT2D eigenvalue weighted by Gasteiger charge is 2.23. The zero-order chi connectivity index (χ0) is 24.4. The van der Waals surface area contributed by atoms with Crippen molar-refractivity contribution in [2.45, 2.75) is 12.8 Å². The lowest BCUT2D eigenvalue weighted by molar-refractivity contribution is 0.280. The van der Waals surface area contributed by atoms with Crippen LogP contribution in [0.3, 0.4) is 0 Å². The molecular weight excluding hydrogens is 462 g/mol. The molecule has 4 aromatic rings. The van der Waals surface area contributed by atoms with E-state index in [0.717, 1.165) is 5.56 Å². The molecule has 1 fully saturated rings. The third kappa shape index (κ3) is 4.80. The van der Waals surface area contributed by atoms with Crippen molar-refractivity contribution in [2.24, 2.45) is 5.92 Å². The topological polar surface area (TPSA) is 72.5 Å². The fourth-order valence-corrected chi connectivity index (χ4v) is 4.09. The van der Waals surface area contributed by atoms with Crippen molar-refractivity contribution in [2.75, 3.05) is 13.7 Å². The second-order valence-corrected chi connectivity index (χ2v) is 8.90. The molecular formula is C29H22ClNO4. The third-order valence-corrected chi connectivity index (χ3v) is 6.22. The van der Waals surface area contributed by atoms with Gasteiger partial charge in [0.05, 0.1) is 36.3 Å². The Morgan fingerprint density at radius 1 is 1.11 bits per heavy atom. The summed E-state index contributed by atoms with van der Waals surface area (Å²) in [6.45, 7) is 0.642. The highest BCUT2D eigenvalue weighted by molar-refractivity contribution is 6.31. The van der Waals surface area contributed by atoms with Crippen molar-refractivity contribution in [1.82, 2.24) is 0 Å². The minimum Gasteiger partial charge on any atom is -0.493 e. The molecule has 0 saturated heterocycles. The molecule has 0 atom stereocenters. The van der Waals surface area contributed by atoms with Gasteiger partial charge in [-0.05, 0) is 72.9 Å². The number of nitriles is 1. The highest BCUT2D eigenvalue weighted by atomic mass is 35.5. The van der Waals surface area contributed by atoms with Crippen LogP contribution >= 0.6 is 11.6 Å². The minimum atomic E-state index is -0.200. The Balaban J connectivity index is 1.64. The van der Waals surface area contributed by atoms with Gasteiger partial charge in [-0.1, -0.05) is 35.9 Å². The maximum absolute atomic E-state index is 13.6. The Morgan fingerprint density at radius 3 is 2.63 bits per heavy atom. The Kier molecular flexibility index (Phi) is 6.31. The average Bonchev–Trinajstić information content (AvgIpc) is 3.71. The molecule has 0 spiro atoms. The number of para-hydroxylation sites is 1. The Bertz CT molecular complexity index is 1530. The van der Waals surface area contributed by atoms with E-state index >= 15 is 0 Å². The molecule has 0 unspecified atom stereocenters. The standard InChI is InChI=1S/C29H22ClNO4/c1-33-26-4-2-3-21(29(26)34-17-19-5-6-19)11-13-25-27(20-9-7-18(16-31)8-10-20)28(32)23-15-22(30)12-14-24(23)35-25/h2-4,7-15,19H,5-6,17H2,1H3/b13-11+. The molecule has 0 aliphatic heterocycles. The second-order valence-electron chi connectivity index (χ2n) is 8.47. The molecule has 5 nitrogen and oxygen atoms in total. The Labute approximate surface area is 207 Å². The number of hydrogen-bond acceptors (Lipinski definition) is 5. The quantitative estimate of drug-likeness (QED) is 0.284. The third-order valence-electron chi connectivity index (χ3n) is 5.99.